The highest BCUT2D eigenvalue weighted by molar-refractivity contribution is 5.84. The van der Waals surface area contributed by atoms with E-state index in [9.17, 15) is 4.79 Å². The van der Waals surface area contributed by atoms with Crippen LogP contribution in [0.2, 0.25) is 2.82 Å². The molecular formula is C16H21N3O2. The maximum absolute atomic E-state index is 11.6. The van der Waals surface area contributed by atoms with Crippen LogP contribution in [0.1, 0.15) is 20.7 Å². The Morgan fingerprint density at radius 2 is 2.48 bits per heavy atom. The lowest BCUT2D eigenvalue weighted by atomic mass is 10.0. The molecule has 0 bridgehead atoms. The first-order valence-corrected chi connectivity index (χ1v) is 6.49. The molecule has 0 radical (unpaired) electrons. The van der Waals surface area contributed by atoms with Gasteiger partial charge in [0.25, 0.3) is 0 Å². The molecule has 0 spiro atoms. The molecule has 21 heavy (non-hydrogen) atoms. The monoisotopic (exact) mass is 296 g/mol. The molecule has 3 rings (SSSR count). The molecule has 0 saturated carbocycles. The van der Waals surface area contributed by atoms with E-state index in [1.807, 2.05) is 0 Å². The fraction of sp³-hybridized carbons (Fsp3) is 0.438. The molecular weight excluding hydrogens is 266 g/mol. The van der Waals surface area contributed by atoms with Crippen molar-refractivity contribution in [3.05, 3.63) is 35.5 Å². The number of cyclic esters (lactones) is 1. The fourth-order valence-corrected chi connectivity index (χ4v) is 2.03. The minimum atomic E-state index is -2.51. The number of H-pyrrole nitrogens is 1. The van der Waals surface area contributed by atoms with Crippen LogP contribution in [0, 0.1) is 0 Å². The van der Waals surface area contributed by atoms with Crippen molar-refractivity contribution in [3.8, 4) is 0 Å². The third kappa shape index (κ3) is 3.19. The van der Waals surface area contributed by atoms with E-state index >= 15 is 0 Å². The minimum Gasteiger partial charge on any atom is -0.447 e. The summed E-state index contributed by atoms with van der Waals surface area (Å²) in [6.45, 7) is -4.31. The van der Waals surface area contributed by atoms with Gasteiger partial charge in [-0.25, -0.2) is 4.79 Å². The van der Waals surface area contributed by atoms with Crippen molar-refractivity contribution in [2.45, 2.75) is 18.9 Å². The second-order valence-corrected chi connectivity index (χ2v) is 4.92. The van der Waals surface area contributed by atoms with Gasteiger partial charge >= 0.3 is 6.09 Å². The number of hydrogen-bond acceptors (Lipinski definition) is 3. The van der Waals surface area contributed by atoms with Crippen LogP contribution in [0.25, 0.3) is 10.9 Å². The summed E-state index contributed by atoms with van der Waals surface area (Å²) in [6, 6.07) is -2.47. The highest BCUT2D eigenvalue weighted by Crippen LogP contribution is 2.21. The Morgan fingerprint density at radius 1 is 1.62 bits per heavy atom. The van der Waals surface area contributed by atoms with E-state index < -0.39 is 37.7 Å². The average molecular weight is 296 g/mol. The molecule has 0 aliphatic carbocycles. The summed E-state index contributed by atoms with van der Waals surface area (Å²) in [5, 5.41) is 0.433. The topological polar surface area (TPSA) is 57.4 Å². The number of aromatic amines is 1. The molecule has 1 fully saturated rings. The van der Waals surface area contributed by atoms with Crippen molar-refractivity contribution in [3.63, 3.8) is 0 Å². The van der Waals surface area contributed by atoms with Gasteiger partial charge in [-0.05, 0) is 50.1 Å². The molecule has 2 heterocycles. The summed E-state index contributed by atoms with van der Waals surface area (Å²) >= 11 is 0. The normalized spacial score (nSPS) is 28.0. The lowest BCUT2D eigenvalue weighted by molar-refractivity contribution is 0.177. The van der Waals surface area contributed by atoms with Crippen LogP contribution in [-0.4, -0.2) is 49.2 Å². The van der Waals surface area contributed by atoms with E-state index in [1.165, 1.54) is 11.1 Å². The predicted molar refractivity (Wildman–Crippen MR) is 82.5 cm³/mol. The van der Waals surface area contributed by atoms with Crippen LogP contribution >= 0.6 is 0 Å². The van der Waals surface area contributed by atoms with Crippen molar-refractivity contribution in [1.82, 2.24) is 15.2 Å². The summed E-state index contributed by atoms with van der Waals surface area (Å²) in [4.78, 5) is 13.8. The number of benzene rings is 1. The Morgan fingerprint density at radius 3 is 3.19 bits per heavy atom. The highest BCUT2D eigenvalue weighted by atomic mass is 16.6. The number of fused-ring (bicyclic) bond motifs is 1. The van der Waals surface area contributed by atoms with E-state index in [1.54, 1.807) is 14.1 Å². The van der Waals surface area contributed by atoms with Crippen molar-refractivity contribution < 1.29 is 22.0 Å². The lowest BCUT2D eigenvalue weighted by Gasteiger charge is -2.09. The Hall–Kier alpha value is -2.01. The number of ether oxygens (including phenoxy) is 1. The largest absolute Gasteiger partial charge is 0.447 e. The number of nitrogens with zero attached hydrogens (tertiary/aromatic N) is 1. The van der Waals surface area contributed by atoms with E-state index in [4.69, 9.17) is 12.4 Å². The number of rotatable bonds is 5. The molecule has 0 unspecified atom stereocenters. The number of amides is 1. The lowest BCUT2D eigenvalue weighted by Crippen LogP contribution is -2.28. The van der Waals surface area contributed by atoms with E-state index in [-0.39, 0.29) is 35.0 Å². The van der Waals surface area contributed by atoms with Gasteiger partial charge in [-0.15, -0.1) is 0 Å². The number of aryl methyl sites for hydroxylation is 1. The van der Waals surface area contributed by atoms with Gasteiger partial charge in [0.15, 0.2) is 2.82 Å². The molecule has 1 aromatic carbocycles. The molecule has 1 aliphatic rings. The van der Waals surface area contributed by atoms with Crippen molar-refractivity contribution in [1.29, 1.82) is 0 Å². The molecule has 1 atom stereocenters. The zero-order valence-electron chi connectivity index (χ0n) is 20.7. The summed E-state index contributed by atoms with van der Waals surface area (Å²) in [6.07, 6.45) is -0.484. The van der Waals surface area contributed by atoms with Crippen LogP contribution in [0.5, 0.6) is 0 Å². The minimum absolute atomic E-state index is 0.0252. The molecule has 2 N–H and O–H groups in total. The van der Waals surface area contributed by atoms with Crippen LogP contribution in [0.15, 0.2) is 24.3 Å². The summed E-state index contributed by atoms with van der Waals surface area (Å²) in [7, 11) is 3.10. The first kappa shape index (κ1) is 6.83. The number of likely N-dealkylation sites (N-methyl/N-ethyl adjacent to an activating group) is 1. The van der Waals surface area contributed by atoms with Crippen molar-refractivity contribution in [2.24, 2.45) is 0 Å². The first-order chi connectivity index (χ1) is 13.7. The maximum atomic E-state index is 11.6. The van der Waals surface area contributed by atoms with Crippen molar-refractivity contribution in [2.75, 3.05) is 27.2 Å². The Bertz CT molecular complexity index is 1020. The zero-order valence-corrected chi connectivity index (χ0v) is 11.7. The zero-order chi connectivity index (χ0) is 22.8. The Labute approximate surface area is 137 Å². The van der Waals surface area contributed by atoms with Gasteiger partial charge in [0.1, 0.15) is 6.56 Å². The van der Waals surface area contributed by atoms with E-state index in [0.717, 1.165) is 4.98 Å². The molecule has 1 amide bonds. The quantitative estimate of drug-likeness (QED) is 0.886. The van der Waals surface area contributed by atoms with Gasteiger partial charge in [0, 0.05) is 26.3 Å². The first-order valence-electron chi connectivity index (χ1n) is 10.9. The van der Waals surface area contributed by atoms with Gasteiger partial charge in [-0.1, -0.05) is 6.04 Å². The Balaban J connectivity index is 2.17. The number of carbonyl (C=O) groups is 1. The fourth-order valence-electron chi connectivity index (χ4n) is 2.03. The molecule has 2 aromatic rings. The van der Waals surface area contributed by atoms with Crippen LogP contribution < -0.4 is 5.31 Å². The summed E-state index contributed by atoms with van der Waals surface area (Å²) in [5.74, 6) is 0. The molecule has 5 nitrogen and oxygen atoms in total. The van der Waals surface area contributed by atoms with Gasteiger partial charge in [-0.3, -0.25) is 0 Å². The molecule has 112 valence electrons. The number of alkyl carbamates (subject to hydrolysis) is 1. The van der Waals surface area contributed by atoms with Crippen LogP contribution in [-0.2, 0) is 17.6 Å². The van der Waals surface area contributed by atoms with Gasteiger partial charge in [-0.2, -0.15) is 0 Å². The second-order valence-electron chi connectivity index (χ2n) is 4.92. The average Bonchev–Trinajstić information content (AvgIpc) is 3.03. The van der Waals surface area contributed by atoms with E-state index in [2.05, 4.69) is 4.74 Å². The SMILES string of the molecule is [2H]c1c(C[C@@H]2N([2H])C(=O)OC2([2H])[2H])c([2H])c2c(CC([2H])([2H])N(C)C)cn([2H])c2c1[2H]. The smallest absolute Gasteiger partial charge is 0.407 e. The number of nitrogens with one attached hydrogen (secondary N) is 2. The van der Waals surface area contributed by atoms with Crippen LogP contribution in [0.3, 0.4) is 0 Å². The van der Waals surface area contributed by atoms with Gasteiger partial charge in [0.05, 0.1) is 12.9 Å². The predicted octanol–water partition coefficient (Wildman–Crippen LogP) is 1.92. The van der Waals surface area contributed by atoms with E-state index in [0.29, 0.717) is 10.9 Å². The van der Waals surface area contributed by atoms with Gasteiger partial charge < -0.3 is 19.9 Å². The summed E-state index contributed by atoms with van der Waals surface area (Å²) < 4.78 is 77.4. The van der Waals surface area contributed by atoms with Crippen molar-refractivity contribution >= 4 is 17.0 Å². The molecule has 1 aromatic heterocycles. The third-order valence-corrected chi connectivity index (χ3v) is 3.04. The highest BCUT2D eigenvalue weighted by Gasteiger charge is 2.22. The van der Waals surface area contributed by atoms with Gasteiger partial charge in [0.2, 0.25) is 0 Å². The molecule has 1 saturated heterocycles. The number of carbonyl (C=O) groups excluding carboxylic acids is 1. The second kappa shape index (κ2) is 5.77. The number of aromatic nitrogens is 1. The molecule has 5 heteroatoms. The standard InChI is InChI=1S/C16H21N3O2/c1-19(2)6-5-12-9-17-15-4-3-11(8-14(12)15)7-13-10-21-16(20)18-13/h3-4,8-9,13,17H,5-7,10H2,1-2H3,(H,18,20)/t13-/m0/s1/i3D,4D,6D2,8D,10D2/hD2. The Kier molecular flexibility index (Phi) is 1.88. The maximum Gasteiger partial charge on any atom is 0.407 e. The number of hydrogen-bond donors (Lipinski definition) is 2. The third-order valence-electron chi connectivity index (χ3n) is 3.04. The molecule has 1 aliphatic heterocycles. The van der Waals surface area contributed by atoms with Crippen LogP contribution in [0.4, 0.5) is 4.79 Å². The summed E-state index contributed by atoms with van der Waals surface area (Å²) in [5.41, 5.74) is 0.195.